The lowest BCUT2D eigenvalue weighted by atomic mass is 10.1. The summed E-state index contributed by atoms with van der Waals surface area (Å²) in [5, 5.41) is 18.3. The third kappa shape index (κ3) is 8.92. The highest BCUT2D eigenvalue weighted by Gasteiger charge is 2.11. The Balaban J connectivity index is 1.51. The quantitative estimate of drug-likeness (QED) is 0.254. The number of carboxylic acid groups (broad SMARTS) is 2. The molecule has 0 atom stereocenters. The fourth-order valence-electron chi connectivity index (χ4n) is 3.62. The van der Waals surface area contributed by atoms with Gasteiger partial charge in [0.2, 0.25) is 0 Å². The summed E-state index contributed by atoms with van der Waals surface area (Å²) in [6.07, 6.45) is 3.08. The van der Waals surface area contributed by atoms with E-state index in [9.17, 15) is 9.59 Å². The number of aliphatic carboxylic acids is 1. The number of unbranched alkanes of at least 4 members (excludes halogenated alkanes) is 1. The van der Waals surface area contributed by atoms with Crippen LogP contribution in [0.5, 0.6) is 11.5 Å². The fourth-order valence-corrected chi connectivity index (χ4v) is 4.51. The lowest BCUT2D eigenvalue weighted by molar-refractivity contribution is -0.136. The van der Waals surface area contributed by atoms with Crippen LogP contribution in [0.1, 0.15) is 52.1 Å². The van der Waals surface area contributed by atoms with E-state index in [1.165, 1.54) is 5.56 Å². The molecule has 8 heteroatoms. The van der Waals surface area contributed by atoms with Crippen LogP contribution in [0.25, 0.3) is 0 Å². The normalized spacial score (nSPS) is 10.7. The predicted molar refractivity (Wildman–Crippen MR) is 140 cm³/mol. The maximum absolute atomic E-state index is 11.2. The first kappa shape index (κ1) is 27.1. The Labute approximate surface area is 215 Å². The van der Waals surface area contributed by atoms with Gasteiger partial charge in [0, 0.05) is 17.9 Å². The zero-order chi connectivity index (χ0) is 25.8. The minimum Gasteiger partial charge on any atom is -0.497 e. The van der Waals surface area contributed by atoms with Gasteiger partial charge in [-0.1, -0.05) is 24.3 Å². The molecule has 1 aromatic heterocycles. The Morgan fingerprint density at radius 3 is 2.44 bits per heavy atom. The molecule has 0 amide bonds. The smallest absolute Gasteiger partial charge is 0.335 e. The monoisotopic (exact) mass is 509 g/mol. The summed E-state index contributed by atoms with van der Waals surface area (Å²) in [4.78, 5) is 26.9. The molecule has 3 aromatic rings. The number of hydrogen-bond donors (Lipinski definition) is 2. The average molecular weight is 510 g/mol. The van der Waals surface area contributed by atoms with Gasteiger partial charge in [0.15, 0.2) is 0 Å². The second kappa shape index (κ2) is 14.1. The van der Waals surface area contributed by atoms with E-state index in [0.29, 0.717) is 36.0 Å². The number of carbonyl (C=O) groups is 2. The first-order chi connectivity index (χ1) is 17.4. The number of aromatic nitrogens is 1. The van der Waals surface area contributed by atoms with Crippen molar-refractivity contribution in [1.29, 1.82) is 0 Å². The summed E-state index contributed by atoms with van der Waals surface area (Å²) >= 11 is 1.62. The van der Waals surface area contributed by atoms with Crippen molar-refractivity contribution in [3.05, 3.63) is 88.7 Å². The summed E-state index contributed by atoms with van der Waals surface area (Å²) in [5.41, 5.74) is 3.93. The molecule has 3 rings (SSSR count). The van der Waals surface area contributed by atoms with Crippen LogP contribution < -0.4 is 9.47 Å². The Kier molecular flexibility index (Phi) is 10.6. The second-order valence-electron chi connectivity index (χ2n) is 8.29. The van der Waals surface area contributed by atoms with Gasteiger partial charge in [0.25, 0.3) is 0 Å². The Morgan fingerprint density at radius 2 is 1.72 bits per heavy atom. The lowest BCUT2D eigenvalue weighted by Crippen LogP contribution is -2.06. The highest BCUT2D eigenvalue weighted by Crippen LogP contribution is 2.23. The molecule has 0 saturated heterocycles. The molecule has 2 N–H and O–H groups in total. The molecule has 0 aliphatic heterocycles. The van der Waals surface area contributed by atoms with Crippen molar-refractivity contribution in [2.24, 2.45) is 0 Å². The summed E-state index contributed by atoms with van der Waals surface area (Å²) in [6, 6.07) is 18.7. The number of thioether (sulfide) groups is 1. The van der Waals surface area contributed by atoms with Crippen LogP contribution in [-0.2, 0) is 29.1 Å². The molecule has 2 aromatic carbocycles. The van der Waals surface area contributed by atoms with Gasteiger partial charge in [-0.25, -0.2) is 4.79 Å². The van der Waals surface area contributed by atoms with E-state index in [0.717, 1.165) is 36.3 Å². The van der Waals surface area contributed by atoms with Crippen molar-refractivity contribution in [2.45, 2.75) is 43.6 Å². The Hall–Kier alpha value is -3.52. The van der Waals surface area contributed by atoms with E-state index < -0.39 is 11.9 Å². The number of nitrogens with zero attached hydrogens (tertiary/aromatic N) is 1. The standard InChI is InChI=1S/C28H31NO6S/c1-34-24-11-8-20(9-12-24)5-2-3-16-35-26-14-10-23(29-25(26)13-15-27(30)31)19-36-18-21-6-4-7-22(17-21)28(32)33/h4,6-12,14,17H,2-3,5,13,15-16,18-19H2,1H3,(H,30,31)(H,32,33). The molecule has 0 bridgehead atoms. The zero-order valence-corrected chi connectivity index (χ0v) is 21.1. The van der Waals surface area contributed by atoms with Crippen molar-refractivity contribution in [3.8, 4) is 11.5 Å². The first-order valence-electron chi connectivity index (χ1n) is 11.8. The number of pyridine rings is 1. The van der Waals surface area contributed by atoms with Crippen LogP contribution in [-0.4, -0.2) is 40.9 Å². The molecular formula is C28H31NO6S. The number of hydrogen-bond acceptors (Lipinski definition) is 6. The van der Waals surface area contributed by atoms with E-state index in [1.54, 1.807) is 37.1 Å². The van der Waals surface area contributed by atoms with Crippen LogP contribution in [0, 0.1) is 0 Å². The van der Waals surface area contributed by atoms with Crippen molar-refractivity contribution >= 4 is 23.7 Å². The van der Waals surface area contributed by atoms with Gasteiger partial charge >= 0.3 is 11.9 Å². The van der Waals surface area contributed by atoms with Gasteiger partial charge in [-0.2, -0.15) is 11.8 Å². The topological polar surface area (TPSA) is 106 Å². The van der Waals surface area contributed by atoms with Crippen LogP contribution in [0.3, 0.4) is 0 Å². The Morgan fingerprint density at radius 1 is 0.917 bits per heavy atom. The zero-order valence-electron chi connectivity index (χ0n) is 20.3. The minimum atomic E-state index is -0.942. The number of aromatic carboxylic acids is 1. The van der Waals surface area contributed by atoms with Gasteiger partial charge in [0.1, 0.15) is 11.5 Å². The van der Waals surface area contributed by atoms with Crippen LogP contribution in [0.2, 0.25) is 0 Å². The highest BCUT2D eigenvalue weighted by atomic mass is 32.2. The molecule has 0 radical (unpaired) electrons. The fraction of sp³-hybridized carbons (Fsp3) is 0.321. The molecular weight excluding hydrogens is 478 g/mol. The summed E-state index contributed by atoms with van der Waals surface area (Å²) < 4.78 is 11.2. The molecule has 1 heterocycles. The third-order valence-corrected chi connectivity index (χ3v) is 6.57. The lowest BCUT2D eigenvalue weighted by Gasteiger charge is -2.12. The molecule has 0 saturated carbocycles. The molecule has 0 unspecified atom stereocenters. The number of methoxy groups -OCH3 is 1. The number of aryl methyl sites for hydroxylation is 2. The first-order valence-corrected chi connectivity index (χ1v) is 13.0. The molecule has 36 heavy (non-hydrogen) atoms. The number of ether oxygens (including phenoxy) is 2. The Bertz CT molecular complexity index is 1150. The van der Waals surface area contributed by atoms with E-state index in [2.05, 4.69) is 17.1 Å². The molecule has 0 aliphatic rings. The minimum absolute atomic E-state index is 0.0145. The third-order valence-electron chi connectivity index (χ3n) is 5.53. The largest absolute Gasteiger partial charge is 0.497 e. The number of rotatable bonds is 15. The summed E-state index contributed by atoms with van der Waals surface area (Å²) in [6.45, 7) is 0.534. The van der Waals surface area contributed by atoms with Crippen LogP contribution >= 0.6 is 11.8 Å². The summed E-state index contributed by atoms with van der Waals surface area (Å²) in [7, 11) is 1.65. The van der Waals surface area contributed by atoms with Crippen molar-refractivity contribution in [3.63, 3.8) is 0 Å². The van der Waals surface area contributed by atoms with E-state index >= 15 is 0 Å². The molecule has 190 valence electrons. The van der Waals surface area contributed by atoms with Gasteiger partial charge in [-0.05, 0) is 66.8 Å². The van der Waals surface area contributed by atoms with E-state index in [1.807, 2.05) is 30.3 Å². The maximum Gasteiger partial charge on any atom is 0.335 e. The molecule has 7 nitrogen and oxygen atoms in total. The maximum atomic E-state index is 11.2. The summed E-state index contributed by atoms with van der Waals surface area (Å²) in [5.74, 6) is 0.934. The van der Waals surface area contributed by atoms with Gasteiger partial charge < -0.3 is 19.7 Å². The highest BCUT2D eigenvalue weighted by molar-refractivity contribution is 7.97. The average Bonchev–Trinajstić information content (AvgIpc) is 2.88. The van der Waals surface area contributed by atoms with Gasteiger partial charge in [-0.3, -0.25) is 9.78 Å². The van der Waals surface area contributed by atoms with Crippen LogP contribution in [0.15, 0.2) is 60.7 Å². The van der Waals surface area contributed by atoms with Gasteiger partial charge in [-0.15, -0.1) is 0 Å². The van der Waals surface area contributed by atoms with Crippen molar-refractivity contribution < 1.29 is 29.3 Å². The number of carboxylic acids is 2. The van der Waals surface area contributed by atoms with Crippen molar-refractivity contribution in [2.75, 3.05) is 13.7 Å². The second-order valence-corrected chi connectivity index (χ2v) is 9.28. The molecule has 0 aliphatic carbocycles. The van der Waals surface area contributed by atoms with E-state index in [4.69, 9.17) is 19.7 Å². The van der Waals surface area contributed by atoms with Crippen molar-refractivity contribution in [1.82, 2.24) is 4.98 Å². The van der Waals surface area contributed by atoms with E-state index in [-0.39, 0.29) is 12.0 Å². The van der Waals surface area contributed by atoms with Gasteiger partial charge in [0.05, 0.1) is 37.1 Å². The molecule has 0 fully saturated rings. The van der Waals surface area contributed by atoms with Crippen LogP contribution in [0.4, 0.5) is 0 Å². The number of benzene rings is 2. The SMILES string of the molecule is COc1ccc(CCCCOc2ccc(CSCc3cccc(C(=O)O)c3)nc2CCC(=O)O)cc1. The predicted octanol–water partition coefficient (Wildman–Crippen LogP) is 5.64. The molecule has 0 spiro atoms.